The maximum atomic E-state index is 13.3. The molecule has 1 aromatic carbocycles. The van der Waals surface area contributed by atoms with Gasteiger partial charge in [-0.3, -0.25) is 9.59 Å². The highest BCUT2D eigenvalue weighted by molar-refractivity contribution is 5.87. The summed E-state index contributed by atoms with van der Waals surface area (Å²) in [7, 11) is 7.81. The number of hydrogen-bond donors (Lipinski definition) is 0. The van der Waals surface area contributed by atoms with Gasteiger partial charge in [-0.1, -0.05) is 0 Å². The Labute approximate surface area is 204 Å². The smallest absolute Gasteiger partial charge is 0.325 e. The van der Waals surface area contributed by atoms with Crippen molar-refractivity contribution >= 4 is 22.9 Å². The molecule has 0 atom stereocenters. The van der Waals surface area contributed by atoms with Gasteiger partial charge in [-0.15, -0.1) is 5.10 Å². The number of rotatable bonds is 10. The first-order valence-electron chi connectivity index (χ1n) is 11.2. The molecule has 0 aliphatic rings. The van der Waals surface area contributed by atoms with Crippen molar-refractivity contribution in [3.05, 3.63) is 40.6 Å². The molecule has 3 rings (SSSR count). The van der Waals surface area contributed by atoms with Gasteiger partial charge < -0.3 is 23.8 Å². The molecule has 0 N–H and O–H groups in total. The Hall–Kier alpha value is -3.82. The van der Waals surface area contributed by atoms with Crippen molar-refractivity contribution in [3.63, 3.8) is 0 Å². The lowest BCUT2D eigenvalue weighted by Crippen LogP contribution is -2.36. The second-order valence-corrected chi connectivity index (χ2v) is 8.18. The SMILES string of the molecule is COC(=O)CN(Cc1cc(OC)cc(OC)c1)C(=O)CCc1c(C)nc2c(c(OC)nn2C)c1C. The summed E-state index contributed by atoms with van der Waals surface area (Å²) in [5, 5.41) is 5.21. The quantitative estimate of drug-likeness (QED) is 0.405. The van der Waals surface area contributed by atoms with Crippen LogP contribution in [0.25, 0.3) is 11.0 Å². The van der Waals surface area contributed by atoms with Gasteiger partial charge in [-0.05, 0) is 49.1 Å². The third kappa shape index (κ3) is 5.64. The maximum absolute atomic E-state index is 13.3. The summed E-state index contributed by atoms with van der Waals surface area (Å²) in [6, 6.07) is 5.36. The molecule has 0 saturated carbocycles. The van der Waals surface area contributed by atoms with E-state index in [0.29, 0.717) is 23.8 Å². The van der Waals surface area contributed by atoms with Crippen molar-refractivity contribution in [1.29, 1.82) is 0 Å². The van der Waals surface area contributed by atoms with Crippen LogP contribution < -0.4 is 14.2 Å². The van der Waals surface area contributed by atoms with Crippen molar-refractivity contribution in [3.8, 4) is 17.4 Å². The van der Waals surface area contributed by atoms with Crippen molar-refractivity contribution in [2.75, 3.05) is 35.0 Å². The highest BCUT2D eigenvalue weighted by Crippen LogP contribution is 2.30. The molecule has 0 radical (unpaired) electrons. The molecule has 3 aromatic rings. The number of methoxy groups -OCH3 is 4. The van der Waals surface area contributed by atoms with Crippen LogP contribution in [0.2, 0.25) is 0 Å². The summed E-state index contributed by atoms with van der Waals surface area (Å²) >= 11 is 0. The van der Waals surface area contributed by atoms with E-state index < -0.39 is 5.97 Å². The predicted molar refractivity (Wildman–Crippen MR) is 130 cm³/mol. The van der Waals surface area contributed by atoms with Gasteiger partial charge in [0.25, 0.3) is 0 Å². The molecule has 1 amide bonds. The van der Waals surface area contributed by atoms with E-state index in [1.807, 2.05) is 20.9 Å². The molecular weight excluding hydrogens is 452 g/mol. The molecule has 0 spiro atoms. The normalized spacial score (nSPS) is 10.8. The number of hydrogen-bond acceptors (Lipinski definition) is 8. The van der Waals surface area contributed by atoms with Gasteiger partial charge in [-0.25, -0.2) is 9.67 Å². The van der Waals surface area contributed by atoms with Gasteiger partial charge in [0.2, 0.25) is 11.8 Å². The molecule has 35 heavy (non-hydrogen) atoms. The number of nitrogens with zero attached hydrogens (tertiary/aromatic N) is 4. The third-order valence-corrected chi connectivity index (χ3v) is 5.99. The average molecular weight is 485 g/mol. The third-order valence-electron chi connectivity index (χ3n) is 5.99. The van der Waals surface area contributed by atoms with Crippen LogP contribution in [0.15, 0.2) is 18.2 Å². The zero-order valence-corrected chi connectivity index (χ0v) is 21.3. The Balaban J connectivity index is 1.86. The number of esters is 1. The molecule has 0 fully saturated rings. The molecule has 0 saturated heterocycles. The highest BCUT2D eigenvalue weighted by atomic mass is 16.5. The lowest BCUT2D eigenvalue weighted by Gasteiger charge is -2.23. The van der Waals surface area contributed by atoms with E-state index in [1.165, 1.54) is 12.0 Å². The van der Waals surface area contributed by atoms with E-state index >= 15 is 0 Å². The fourth-order valence-corrected chi connectivity index (χ4v) is 4.13. The number of aryl methyl sites for hydroxylation is 3. The van der Waals surface area contributed by atoms with Gasteiger partial charge in [0.05, 0.1) is 33.8 Å². The van der Waals surface area contributed by atoms with Gasteiger partial charge >= 0.3 is 5.97 Å². The van der Waals surface area contributed by atoms with Gasteiger partial charge in [0.15, 0.2) is 5.65 Å². The molecule has 0 bridgehead atoms. The summed E-state index contributed by atoms with van der Waals surface area (Å²) in [5.41, 5.74) is 4.26. The number of fused-ring (bicyclic) bond motifs is 1. The first kappa shape index (κ1) is 25.8. The van der Waals surface area contributed by atoms with Crippen LogP contribution in [-0.4, -0.2) is 66.5 Å². The van der Waals surface area contributed by atoms with Crippen LogP contribution in [-0.2, 0) is 34.3 Å². The molecule has 2 aromatic heterocycles. The van der Waals surface area contributed by atoms with Crippen LogP contribution in [0.5, 0.6) is 17.4 Å². The zero-order chi connectivity index (χ0) is 25.7. The van der Waals surface area contributed by atoms with Crippen LogP contribution >= 0.6 is 0 Å². The zero-order valence-electron chi connectivity index (χ0n) is 21.3. The van der Waals surface area contributed by atoms with Crippen molar-refractivity contribution in [2.45, 2.75) is 33.2 Å². The van der Waals surface area contributed by atoms with Gasteiger partial charge in [0.1, 0.15) is 18.0 Å². The van der Waals surface area contributed by atoms with E-state index in [4.69, 9.17) is 18.9 Å². The number of carbonyl (C=O) groups excluding carboxylic acids is 2. The van der Waals surface area contributed by atoms with Gasteiger partial charge in [0, 0.05) is 31.8 Å². The summed E-state index contributed by atoms with van der Waals surface area (Å²) in [4.78, 5) is 31.5. The van der Waals surface area contributed by atoms with Crippen molar-refractivity contribution in [2.24, 2.45) is 7.05 Å². The first-order chi connectivity index (χ1) is 16.7. The lowest BCUT2D eigenvalue weighted by molar-refractivity contribution is -0.147. The second-order valence-electron chi connectivity index (χ2n) is 8.18. The van der Waals surface area contributed by atoms with E-state index in [0.717, 1.165) is 33.4 Å². The van der Waals surface area contributed by atoms with Crippen LogP contribution in [0.4, 0.5) is 0 Å². The van der Waals surface area contributed by atoms with Crippen LogP contribution in [0, 0.1) is 13.8 Å². The molecule has 10 nitrogen and oxygen atoms in total. The molecule has 0 aliphatic carbocycles. The standard InChI is InChI=1S/C25H32N4O6/c1-15-20(16(2)26-24-23(15)25(35-7)27-28(24)3)8-9-21(30)29(14-22(31)34-6)13-17-10-18(32-4)12-19(11-17)33-5/h10-12H,8-9,13-14H2,1-7H3. The Kier molecular flexibility index (Phi) is 8.16. The minimum Gasteiger partial charge on any atom is -0.497 e. The van der Waals surface area contributed by atoms with E-state index in [9.17, 15) is 9.59 Å². The van der Waals surface area contributed by atoms with Crippen LogP contribution in [0.3, 0.4) is 0 Å². The first-order valence-corrected chi connectivity index (χ1v) is 11.2. The Morgan fingerprint density at radius 3 is 2.23 bits per heavy atom. The molecule has 2 heterocycles. The predicted octanol–water partition coefficient (Wildman–Crippen LogP) is 2.75. The van der Waals surface area contributed by atoms with Gasteiger partial charge in [-0.2, -0.15) is 0 Å². The monoisotopic (exact) mass is 484 g/mol. The van der Waals surface area contributed by atoms with E-state index in [-0.39, 0.29) is 25.4 Å². The van der Waals surface area contributed by atoms with E-state index in [2.05, 4.69) is 10.1 Å². The molecule has 188 valence electrons. The minimum absolute atomic E-state index is 0.166. The van der Waals surface area contributed by atoms with Crippen molar-refractivity contribution in [1.82, 2.24) is 19.7 Å². The average Bonchev–Trinajstić information content (AvgIpc) is 3.18. The lowest BCUT2D eigenvalue weighted by atomic mass is 10.00. The number of aromatic nitrogens is 3. The number of benzene rings is 1. The fraction of sp³-hybridized carbons (Fsp3) is 0.440. The summed E-state index contributed by atoms with van der Waals surface area (Å²) in [6.45, 7) is 3.93. The Morgan fingerprint density at radius 2 is 1.66 bits per heavy atom. The Bertz CT molecular complexity index is 1210. The summed E-state index contributed by atoms with van der Waals surface area (Å²) in [6.07, 6.45) is 0.645. The molecular formula is C25H32N4O6. The van der Waals surface area contributed by atoms with Crippen LogP contribution in [0.1, 0.15) is 28.8 Å². The summed E-state index contributed by atoms with van der Waals surface area (Å²) < 4.78 is 22.6. The topological polar surface area (TPSA) is 105 Å². The second kappa shape index (κ2) is 11.1. The molecule has 0 aliphatic heterocycles. The largest absolute Gasteiger partial charge is 0.497 e. The number of pyridine rings is 1. The molecule has 0 unspecified atom stereocenters. The maximum Gasteiger partial charge on any atom is 0.325 e. The van der Waals surface area contributed by atoms with E-state index in [1.54, 1.807) is 44.2 Å². The fourth-order valence-electron chi connectivity index (χ4n) is 4.13. The molecule has 10 heteroatoms. The minimum atomic E-state index is -0.497. The number of carbonyl (C=O) groups is 2. The van der Waals surface area contributed by atoms with Crippen molar-refractivity contribution < 1.29 is 28.5 Å². The highest BCUT2D eigenvalue weighted by Gasteiger charge is 2.22. The number of amides is 1. The number of ether oxygens (including phenoxy) is 4. The Morgan fingerprint density at radius 1 is 1.00 bits per heavy atom. The summed E-state index contributed by atoms with van der Waals surface area (Å²) in [5.74, 6) is 1.01.